The Balaban J connectivity index is 2.70. The molecule has 100 valence electrons. The van der Waals surface area contributed by atoms with Crippen LogP contribution in [-0.2, 0) is 4.79 Å². The summed E-state index contributed by atoms with van der Waals surface area (Å²) in [7, 11) is 0. The Labute approximate surface area is 114 Å². The zero-order valence-corrected chi connectivity index (χ0v) is 11.7. The van der Waals surface area contributed by atoms with E-state index in [1.165, 1.54) is 0 Å². The normalized spacial score (nSPS) is 14.0. The molecule has 3 nitrogen and oxygen atoms in total. The first kappa shape index (κ1) is 15.0. The molecule has 1 amide bonds. The summed E-state index contributed by atoms with van der Waals surface area (Å²) in [6.45, 7) is 4.04. The van der Waals surface area contributed by atoms with Gasteiger partial charge in [-0.25, -0.2) is 0 Å². The van der Waals surface area contributed by atoms with Crippen molar-refractivity contribution in [1.29, 1.82) is 0 Å². The van der Waals surface area contributed by atoms with Crippen molar-refractivity contribution in [2.75, 3.05) is 0 Å². The van der Waals surface area contributed by atoms with Gasteiger partial charge < -0.3 is 11.1 Å². The summed E-state index contributed by atoms with van der Waals surface area (Å²) in [5, 5.41) is 3.65. The molecule has 3 N–H and O–H groups in total. The van der Waals surface area contributed by atoms with Gasteiger partial charge in [0.05, 0.1) is 12.1 Å². The van der Waals surface area contributed by atoms with Gasteiger partial charge in [0.15, 0.2) is 0 Å². The van der Waals surface area contributed by atoms with Gasteiger partial charge in [0.25, 0.3) is 0 Å². The van der Waals surface area contributed by atoms with E-state index >= 15 is 0 Å². The number of nitrogens with two attached hydrogens (primary N) is 1. The minimum atomic E-state index is -0.428. The van der Waals surface area contributed by atoms with Gasteiger partial charge >= 0.3 is 0 Å². The van der Waals surface area contributed by atoms with Crippen LogP contribution in [0.2, 0.25) is 5.02 Å². The molecular weight excluding hydrogens is 248 g/mol. The van der Waals surface area contributed by atoms with Crippen LogP contribution in [0, 0.1) is 0 Å². The number of carbonyl (C=O) groups excluding carboxylic acids is 1. The van der Waals surface area contributed by atoms with E-state index in [9.17, 15) is 4.79 Å². The predicted molar refractivity (Wildman–Crippen MR) is 75.5 cm³/mol. The van der Waals surface area contributed by atoms with Crippen LogP contribution in [0.1, 0.15) is 44.7 Å². The number of hydrogen-bond donors (Lipinski definition) is 2. The lowest BCUT2D eigenvalue weighted by molar-refractivity contribution is -0.123. The molecule has 18 heavy (non-hydrogen) atoms. The molecular formula is C14H21ClN2O. The molecule has 0 spiro atoms. The van der Waals surface area contributed by atoms with Gasteiger partial charge in [-0.2, -0.15) is 0 Å². The first-order valence-corrected chi connectivity index (χ1v) is 6.77. The van der Waals surface area contributed by atoms with E-state index in [-0.39, 0.29) is 11.9 Å². The molecule has 2 atom stereocenters. The third-order valence-electron chi connectivity index (χ3n) is 2.91. The molecule has 0 aliphatic rings. The van der Waals surface area contributed by atoms with Crippen molar-refractivity contribution in [3.8, 4) is 0 Å². The van der Waals surface area contributed by atoms with E-state index in [0.29, 0.717) is 11.4 Å². The number of hydrogen-bond acceptors (Lipinski definition) is 2. The van der Waals surface area contributed by atoms with Crippen molar-refractivity contribution in [2.45, 2.75) is 45.2 Å². The summed E-state index contributed by atoms with van der Waals surface area (Å²) in [6, 6.07) is 7.09. The molecule has 0 radical (unpaired) electrons. The molecule has 0 saturated carbocycles. The second kappa shape index (κ2) is 7.39. The standard InChI is InChI=1S/C14H21ClN2O/c1-3-6-12(16)14(18)17-13(4-2)10-7-5-8-11(15)9-10/h5,7-9,12-13H,3-4,6,16H2,1-2H3,(H,17,18)/t12-,13?/m0/s1. The maximum atomic E-state index is 11.9. The Morgan fingerprint density at radius 2 is 2.17 bits per heavy atom. The quantitative estimate of drug-likeness (QED) is 0.833. The largest absolute Gasteiger partial charge is 0.348 e. The molecule has 0 bridgehead atoms. The molecule has 0 aliphatic carbocycles. The lowest BCUT2D eigenvalue weighted by Crippen LogP contribution is -2.42. The maximum absolute atomic E-state index is 11.9. The highest BCUT2D eigenvalue weighted by Crippen LogP contribution is 2.20. The van der Waals surface area contributed by atoms with Crippen molar-refractivity contribution < 1.29 is 4.79 Å². The van der Waals surface area contributed by atoms with E-state index in [2.05, 4.69) is 5.32 Å². The predicted octanol–water partition coefficient (Wildman–Crippen LogP) is 3.03. The molecule has 0 heterocycles. The molecule has 0 aromatic heterocycles. The number of nitrogens with one attached hydrogen (secondary N) is 1. The average Bonchev–Trinajstić information content (AvgIpc) is 2.35. The van der Waals surface area contributed by atoms with Gasteiger partial charge in [0.1, 0.15) is 0 Å². The monoisotopic (exact) mass is 268 g/mol. The SMILES string of the molecule is CCC[C@H](N)C(=O)NC(CC)c1cccc(Cl)c1. The van der Waals surface area contributed by atoms with Crippen LogP contribution in [0.5, 0.6) is 0 Å². The van der Waals surface area contributed by atoms with Gasteiger partial charge in [0, 0.05) is 5.02 Å². The minimum Gasteiger partial charge on any atom is -0.348 e. The highest BCUT2D eigenvalue weighted by molar-refractivity contribution is 6.30. The van der Waals surface area contributed by atoms with Crippen LogP contribution < -0.4 is 11.1 Å². The first-order chi connectivity index (χ1) is 8.58. The van der Waals surface area contributed by atoms with Crippen LogP contribution >= 0.6 is 11.6 Å². The molecule has 1 unspecified atom stereocenters. The van der Waals surface area contributed by atoms with E-state index < -0.39 is 6.04 Å². The fourth-order valence-corrected chi connectivity index (χ4v) is 2.06. The second-order valence-corrected chi connectivity index (χ2v) is 4.86. The van der Waals surface area contributed by atoms with Gasteiger partial charge in [0.2, 0.25) is 5.91 Å². The van der Waals surface area contributed by atoms with Crippen LogP contribution in [0.4, 0.5) is 0 Å². The Kier molecular flexibility index (Phi) is 6.16. The number of amides is 1. The van der Waals surface area contributed by atoms with Crippen molar-refractivity contribution in [1.82, 2.24) is 5.32 Å². The third kappa shape index (κ3) is 4.31. The number of benzene rings is 1. The Morgan fingerprint density at radius 1 is 1.44 bits per heavy atom. The highest BCUT2D eigenvalue weighted by atomic mass is 35.5. The van der Waals surface area contributed by atoms with Crippen molar-refractivity contribution in [3.05, 3.63) is 34.9 Å². The molecule has 1 rings (SSSR count). The summed E-state index contributed by atoms with van der Waals surface area (Å²) in [4.78, 5) is 11.9. The molecule has 1 aromatic rings. The molecule has 1 aromatic carbocycles. The maximum Gasteiger partial charge on any atom is 0.237 e. The molecule has 0 saturated heterocycles. The van der Waals surface area contributed by atoms with Crippen molar-refractivity contribution >= 4 is 17.5 Å². The third-order valence-corrected chi connectivity index (χ3v) is 3.15. The van der Waals surface area contributed by atoms with Crippen LogP contribution in [0.15, 0.2) is 24.3 Å². The number of halogens is 1. The van der Waals surface area contributed by atoms with E-state index in [1.807, 2.05) is 38.1 Å². The molecule has 0 fully saturated rings. The Bertz CT molecular complexity index is 395. The smallest absolute Gasteiger partial charge is 0.237 e. The van der Waals surface area contributed by atoms with Crippen LogP contribution in [-0.4, -0.2) is 11.9 Å². The number of rotatable bonds is 6. The molecule has 4 heteroatoms. The Morgan fingerprint density at radius 3 is 2.72 bits per heavy atom. The summed E-state index contributed by atoms with van der Waals surface area (Å²) >= 11 is 5.96. The topological polar surface area (TPSA) is 55.1 Å². The highest BCUT2D eigenvalue weighted by Gasteiger charge is 2.17. The van der Waals surface area contributed by atoms with E-state index in [4.69, 9.17) is 17.3 Å². The first-order valence-electron chi connectivity index (χ1n) is 6.39. The Hall–Kier alpha value is -1.06. The van der Waals surface area contributed by atoms with E-state index in [1.54, 1.807) is 0 Å². The zero-order valence-electron chi connectivity index (χ0n) is 10.9. The van der Waals surface area contributed by atoms with Gasteiger partial charge in [-0.05, 0) is 30.5 Å². The minimum absolute atomic E-state index is 0.0286. The fourth-order valence-electron chi connectivity index (χ4n) is 1.87. The zero-order chi connectivity index (χ0) is 13.5. The van der Waals surface area contributed by atoms with Crippen molar-refractivity contribution in [3.63, 3.8) is 0 Å². The van der Waals surface area contributed by atoms with Gasteiger partial charge in [-0.1, -0.05) is 44.0 Å². The number of carbonyl (C=O) groups is 1. The summed E-state index contributed by atoms with van der Waals surface area (Å²) < 4.78 is 0. The summed E-state index contributed by atoms with van der Waals surface area (Å²) in [6.07, 6.45) is 2.42. The van der Waals surface area contributed by atoms with Gasteiger partial charge in [-0.15, -0.1) is 0 Å². The average molecular weight is 269 g/mol. The van der Waals surface area contributed by atoms with Crippen LogP contribution in [0.3, 0.4) is 0 Å². The lowest BCUT2D eigenvalue weighted by Gasteiger charge is -2.20. The summed E-state index contributed by atoms with van der Waals surface area (Å²) in [5.74, 6) is -0.0938. The fraction of sp³-hybridized carbons (Fsp3) is 0.500. The summed E-state index contributed by atoms with van der Waals surface area (Å²) in [5.41, 5.74) is 6.82. The van der Waals surface area contributed by atoms with E-state index in [0.717, 1.165) is 18.4 Å². The van der Waals surface area contributed by atoms with Crippen LogP contribution in [0.25, 0.3) is 0 Å². The second-order valence-electron chi connectivity index (χ2n) is 4.42. The molecule has 0 aliphatic heterocycles. The van der Waals surface area contributed by atoms with Gasteiger partial charge in [-0.3, -0.25) is 4.79 Å². The lowest BCUT2D eigenvalue weighted by atomic mass is 10.0. The van der Waals surface area contributed by atoms with Crippen molar-refractivity contribution in [2.24, 2.45) is 5.73 Å².